The van der Waals surface area contributed by atoms with E-state index >= 15 is 0 Å². The van der Waals surface area contributed by atoms with Crippen molar-refractivity contribution in [3.63, 3.8) is 0 Å². The third kappa shape index (κ3) is 2.30. The first-order valence-corrected chi connectivity index (χ1v) is 5.77. The summed E-state index contributed by atoms with van der Waals surface area (Å²) in [6.45, 7) is 3.24. The van der Waals surface area contributed by atoms with Gasteiger partial charge in [0.2, 0.25) is 5.91 Å². The Bertz CT molecular complexity index is 419. The minimum Gasteiger partial charge on any atom is -0.399 e. The zero-order valence-corrected chi connectivity index (χ0v) is 10.00. The number of nitrogens with two attached hydrogens (primary N) is 1. The molecule has 2 rings (SSSR count). The second kappa shape index (κ2) is 4.34. The molecule has 1 heterocycles. The SMILES string of the molecule is Cc1cc(CN2CC(Cl)CC2=O)ccc1N. The summed E-state index contributed by atoms with van der Waals surface area (Å²) in [5.41, 5.74) is 8.68. The Morgan fingerprint density at radius 3 is 2.88 bits per heavy atom. The lowest BCUT2D eigenvalue weighted by Gasteiger charge is -2.16. The fraction of sp³-hybridized carbons (Fsp3) is 0.417. The van der Waals surface area contributed by atoms with Gasteiger partial charge in [-0.25, -0.2) is 0 Å². The van der Waals surface area contributed by atoms with Crippen LogP contribution in [0.4, 0.5) is 5.69 Å². The second-order valence-electron chi connectivity index (χ2n) is 4.27. The molecule has 1 amide bonds. The van der Waals surface area contributed by atoms with Gasteiger partial charge < -0.3 is 10.6 Å². The van der Waals surface area contributed by atoms with Gasteiger partial charge in [0.15, 0.2) is 0 Å². The van der Waals surface area contributed by atoms with E-state index in [-0.39, 0.29) is 11.3 Å². The van der Waals surface area contributed by atoms with E-state index in [1.807, 2.05) is 25.1 Å². The van der Waals surface area contributed by atoms with Crippen LogP contribution in [0.25, 0.3) is 0 Å². The van der Waals surface area contributed by atoms with E-state index in [9.17, 15) is 4.79 Å². The van der Waals surface area contributed by atoms with Crippen molar-refractivity contribution in [3.8, 4) is 0 Å². The fourth-order valence-corrected chi connectivity index (χ4v) is 2.23. The summed E-state index contributed by atoms with van der Waals surface area (Å²) < 4.78 is 0. The van der Waals surface area contributed by atoms with E-state index in [0.717, 1.165) is 16.8 Å². The quantitative estimate of drug-likeness (QED) is 0.632. The van der Waals surface area contributed by atoms with Gasteiger partial charge in [0.1, 0.15) is 0 Å². The highest BCUT2D eigenvalue weighted by Gasteiger charge is 2.27. The van der Waals surface area contributed by atoms with Crippen molar-refractivity contribution in [1.29, 1.82) is 0 Å². The number of amides is 1. The number of carbonyl (C=O) groups excluding carboxylic acids is 1. The number of carbonyl (C=O) groups is 1. The molecule has 86 valence electrons. The number of likely N-dealkylation sites (tertiary alicyclic amines) is 1. The largest absolute Gasteiger partial charge is 0.399 e. The molecule has 3 nitrogen and oxygen atoms in total. The molecule has 0 aliphatic carbocycles. The molecule has 4 heteroatoms. The average molecular weight is 239 g/mol. The van der Waals surface area contributed by atoms with Crippen LogP contribution in [0.2, 0.25) is 0 Å². The molecule has 1 aromatic rings. The zero-order valence-electron chi connectivity index (χ0n) is 9.24. The lowest BCUT2D eigenvalue weighted by Crippen LogP contribution is -2.24. The van der Waals surface area contributed by atoms with E-state index in [2.05, 4.69) is 0 Å². The molecular weight excluding hydrogens is 224 g/mol. The molecule has 2 N–H and O–H groups in total. The number of hydrogen-bond donors (Lipinski definition) is 1. The third-order valence-electron chi connectivity index (χ3n) is 2.87. The van der Waals surface area contributed by atoms with Gasteiger partial charge in [-0.3, -0.25) is 4.79 Å². The predicted octanol–water partition coefficient (Wildman–Crippen LogP) is 1.92. The second-order valence-corrected chi connectivity index (χ2v) is 4.88. The van der Waals surface area contributed by atoms with Crippen molar-refractivity contribution >= 4 is 23.2 Å². The maximum Gasteiger partial charge on any atom is 0.224 e. The molecule has 0 spiro atoms. The highest BCUT2D eigenvalue weighted by molar-refractivity contribution is 6.22. The number of rotatable bonds is 2. The molecule has 0 aromatic heterocycles. The number of aryl methyl sites for hydroxylation is 1. The Morgan fingerprint density at radius 2 is 2.31 bits per heavy atom. The van der Waals surface area contributed by atoms with Crippen LogP contribution in [0.3, 0.4) is 0 Å². The molecule has 1 aliphatic rings. The molecule has 1 atom stereocenters. The van der Waals surface area contributed by atoms with Gasteiger partial charge in [0.05, 0.1) is 5.38 Å². The Kier molecular flexibility index (Phi) is 3.06. The van der Waals surface area contributed by atoms with Crippen molar-refractivity contribution < 1.29 is 4.79 Å². The van der Waals surface area contributed by atoms with E-state index in [1.54, 1.807) is 4.90 Å². The van der Waals surface area contributed by atoms with Gasteiger partial charge in [-0.15, -0.1) is 11.6 Å². The fourth-order valence-electron chi connectivity index (χ4n) is 1.93. The monoisotopic (exact) mass is 238 g/mol. The third-order valence-corrected chi connectivity index (χ3v) is 3.17. The molecule has 0 bridgehead atoms. The van der Waals surface area contributed by atoms with Gasteiger partial charge in [0.25, 0.3) is 0 Å². The van der Waals surface area contributed by atoms with E-state index in [1.165, 1.54) is 0 Å². The van der Waals surface area contributed by atoms with E-state index in [0.29, 0.717) is 19.5 Å². The van der Waals surface area contributed by atoms with Gasteiger partial charge >= 0.3 is 0 Å². The summed E-state index contributed by atoms with van der Waals surface area (Å²) >= 11 is 5.94. The Morgan fingerprint density at radius 1 is 1.56 bits per heavy atom. The van der Waals surface area contributed by atoms with E-state index < -0.39 is 0 Å². The Hall–Kier alpha value is -1.22. The van der Waals surface area contributed by atoms with Gasteiger partial charge in [0, 0.05) is 25.2 Å². The summed E-state index contributed by atoms with van der Waals surface area (Å²) in [4.78, 5) is 13.4. The highest BCUT2D eigenvalue weighted by atomic mass is 35.5. The van der Waals surface area contributed by atoms with E-state index in [4.69, 9.17) is 17.3 Å². The van der Waals surface area contributed by atoms with Gasteiger partial charge in [-0.2, -0.15) is 0 Å². The van der Waals surface area contributed by atoms with Gasteiger partial charge in [-0.05, 0) is 24.1 Å². The maximum atomic E-state index is 11.6. The van der Waals surface area contributed by atoms with Crippen molar-refractivity contribution in [2.75, 3.05) is 12.3 Å². The number of hydrogen-bond acceptors (Lipinski definition) is 2. The maximum absolute atomic E-state index is 11.6. The van der Waals surface area contributed by atoms with Crippen molar-refractivity contribution in [3.05, 3.63) is 29.3 Å². The number of nitrogen functional groups attached to an aromatic ring is 1. The van der Waals surface area contributed by atoms with Crippen LogP contribution in [0, 0.1) is 6.92 Å². The molecule has 1 saturated heterocycles. The van der Waals surface area contributed by atoms with Crippen molar-refractivity contribution in [1.82, 2.24) is 4.90 Å². The van der Waals surface area contributed by atoms with Gasteiger partial charge in [-0.1, -0.05) is 12.1 Å². The summed E-state index contributed by atoms with van der Waals surface area (Å²) in [5, 5.41) is -0.0395. The molecule has 0 radical (unpaired) electrons. The average Bonchev–Trinajstić information content (AvgIpc) is 2.51. The lowest BCUT2D eigenvalue weighted by molar-refractivity contribution is -0.128. The number of halogens is 1. The van der Waals surface area contributed by atoms with Crippen LogP contribution >= 0.6 is 11.6 Å². The molecule has 0 saturated carbocycles. The molecule has 1 fully saturated rings. The van der Waals surface area contributed by atoms with Crippen LogP contribution in [0.15, 0.2) is 18.2 Å². The Labute approximate surface area is 100 Å². The normalized spacial score (nSPS) is 20.5. The topological polar surface area (TPSA) is 46.3 Å². The highest BCUT2D eigenvalue weighted by Crippen LogP contribution is 2.20. The number of benzene rings is 1. The minimum atomic E-state index is -0.0395. The van der Waals surface area contributed by atoms with Crippen LogP contribution in [-0.2, 0) is 11.3 Å². The summed E-state index contributed by atoms with van der Waals surface area (Å²) in [5.74, 6) is 0.134. The smallest absolute Gasteiger partial charge is 0.224 e. The first-order valence-electron chi connectivity index (χ1n) is 5.33. The van der Waals surface area contributed by atoms with Crippen LogP contribution < -0.4 is 5.73 Å². The number of anilines is 1. The summed E-state index contributed by atoms with van der Waals surface area (Å²) in [6.07, 6.45) is 0.454. The van der Waals surface area contributed by atoms with Crippen molar-refractivity contribution in [2.24, 2.45) is 0 Å². The standard InChI is InChI=1S/C12H15ClN2O/c1-8-4-9(2-3-11(8)14)6-15-7-10(13)5-12(15)16/h2-4,10H,5-7,14H2,1H3. The molecule has 1 unspecified atom stereocenters. The molecule has 16 heavy (non-hydrogen) atoms. The molecular formula is C12H15ClN2O. The minimum absolute atomic E-state index is 0.0395. The molecule has 1 aromatic carbocycles. The van der Waals surface area contributed by atoms with Crippen LogP contribution in [-0.4, -0.2) is 22.7 Å². The van der Waals surface area contributed by atoms with Crippen LogP contribution in [0.1, 0.15) is 17.5 Å². The lowest BCUT2D eigenvalue weighted by atomic mass is 10.1. The van der Waals surface area contributed by atoms with Crippen molar-refractivity contribution in [2.45, 2.75) is 25.3 Å². The number of nitrogens with zero attached hydrogens (tertiary/aromatic N) is 1. The predicted molar refractivity (Wildman–Crippen MR) is 65.3 cm³/mol. The molecule has 1 aliphatic heterocycles. The summed E-state index contributed by atoms with van der Waals surface area (Å²) in [7, 11) is 0. The summed E-state index contributed by atoms with van der Waals surface area (Å²) in [6, 6.07) is 5.85. The first kappa shape index (κ1) is 11.3. The first-order chi connectivity index (χ1) is 7.56. The Balaban J connectivity index is 2.09. The number of alkyl halides is 1. The zero-order chi connectivity index (χ0) is 11.7. The van der Waals surface area contributed by atoms with Crippen LogP contribution in [0.5, 0.6) is 0 Å².